The molecule has 0 atom stereocenters. The van der Waals surface area contributed by atoms with Crippen LogP contribution in [0.1, 0.15) is 19.4 Å². The number of likely N-dealkylation sites (N-methyl/N-ethyl adjacent to an activating group) is 1. The first-order valence-electron chi connectivity index (χ1n) is 5.89. The van der Waals surface area contributed by atoms with Crippen LogP contribution in [0.2, 0.25) is 0 Å². The number of benzene rings is 1. The fourth-order valence-electron chi connectivity index (χ4n) is 1.65. The number of aryl methyl sites for hydroxylation is 1. The first-order chi connectivity index (χ1) is 7.67. The van der Waals surface area contributed by atoms with Gasteiger partial charge in [0, 0.05) is 13.1 Å². The van der Waals surface area contributed by atoms with Gasteiger partial charge >= 0.3 is 0 Å². The highest BCUT2D eigenvalue weighted by atomic mass is 19.1. The molecule has 0 saturated heterocycles. The SMILES string of the molecule is CCN(CC)CCNc1ccc(C)cc1F. The number of anilines is 1. The Bertz CT molecular complexity index is 322. The van der Waals surface area contributed by atoms with E-state index in [1.165, 1.54) is 0 Å². The van der Waals surface area contributed by atoms with E-state index in [1.54, 1.807) is 12.1 Å². The van der Waals surface area contributed by atoms with Crippen LogP contribution in [-0.2, 0) is 0 Å². The smallest absolute Gasteiger partial charge is 0.146 e. The molecule has 0 radical (unpaired) electrons. The van der Waals surface area contributed by atoms with Crippen LogP contribution < -0.4 is 5.32 Å². The van der Waals surface area contributed by atoms with Crippen molar-refractivity contribution >= 4 is 5.69 Å². The molecule has 0 bridgehead atoms. The van der Waals surface area contributed by atoms with Crippen LogP contribution in [-0.4, -0.2) is 31.1 Å². The molecule has 1 aromatic carbocycles. The van der Waals surface area contributed by atoms with E-state index in [0.717, 1.165) is 31.7 Å². The minimum atomic E-state index is -0.167. The molecule has 0 aromatic heterocycles. The van der Waals surface area contributed by atoms with Crippen LogP contribution >= 0.6 is 0 Å². The van der Waals surface area contributed by atoms with E-state index in [2.05, 4.69) is 24.1 Å². The predicted molar refractivity (Wildman–Crippen MR) is 67.4 cm³/mol. The maximum atomic E-state index is 13.5. The molecular weight excluding hydrogens is 203 g/mol. The molecule has 1 N–H and O–H groups in total. The van der Waals surface area contributed by atoms with E-state index in [1.807, 2.05) is 13.0 Å². The summed E-state index contributed by atoms with van der Waals surface area (Å²) in [5.74, 6) is -0.167. The summed E-state index contributed by atoms with van der Waals surface area (Å²) in [4.78, 5) is 2.30. The Hall–Kier alpha value is -1.09. The molecule has 1 aromatic rings. The molecule has 2 nitrogen and oxygen atoms in total. The second-order valence-electron chi connectivity index (χ2n) is 3.94. The maximum Gasteiger partial charge on any atom is 0.146 e. The largest absolute Gasteiger partial charge is 0.381 e. The third-order valence-electron chi connectivity index (χ3n) is 2.76. The number of hydrogen-bond acceptors (Lipinski definition) is 2. The van der Waals surface area contributed by atoms with Crippen LogP contribution in [0.15, 0.2) is 18.2 Å². The average molecular weight is 224 g/mol. The van der Waals surface area contributed by atoms with Gasteiger partial charge in [-0.05, 0) is 37.7 Å². The van der Waals surface area contributed by atoms with E-state index < -0.39 is 0 Å². The number of hydrogen-bond donors (Lipinski definition) is 1. The van der Waals surface area contributed by atoms with Crippen molar-refractivity contribution in [2.45, 2.75) is 20.8 Å². The minimum Gasteiger partial charge on any atom is -0.381 e. The van der Waals surface area contributed by atoms with Crippen molar-refractivity contribution in [2.75, 3.05) is 31.5 Å². The maximum absolute atomic E-state index is 13.5. The van der Waals surface area contributed by atoms with Crippen LogP contribution in [0.5, 0.6) is 0 Å². The summed E-state index contributed by atoms with van der Waals surface area (Å²) in [7, 11) is 0. The first kappa shape index (κ1) is 13.0. The van der Waals surface area contributed by atoms with Crippen molar-refractivity contribution in [3.63, 3.8) is 0 Å². The number of nitrogens with one attached hydrogen (secondary N) is 1. The first-order valence-corrected chi connectivity index (χ1v) is 5.89. The van der Waals surface area contributed by atoms with Crippen molar-refractivity contribution in [1.82, 2.24) is 4.90 Å². The van der Waals surface area contributed by atoms with E-state index in [4.69, 9.17) is 0 Å². The molecule has 0 aliphatic rings. The zero-order chi connectivity index (χ0) is 12.0. The highest BCUT2D eigenvalue weighted by Crippen LogP contribution is 2.14. The summed E-state index contributed by atoms with van der Waals surface area (Å²) >= 11 is 0. The summed E-state index contributed by atoms with van der Waals surface area (Å²) in [6, 6.07) is 5.27. The Kier molecular flexibility index (Phi) is 5.26. The van der Waals surface area contributed by atoms with Gasteiger partial charge in [0.25, 0.3) is 0 Å². The summed E-state index contributed by atoms with van der Waals surface area (Å²) < 4.78 is 13.5. The van der Waals surface area contributed by atoms with Crippen LogP contribution in [0, 0.1) is 12.7 Å². The average Bonchev–Trinajstić information content (AvgIpc) is 2.27. The normalized spacial score (nSPS) is 10.8. The lowest BCUT2D eigenvalue weighted by Gasteiger charge is -2.18. The van der Waals surface area contributed by atoms with Gasteiger partial charge in [-0.2, -0.15) is 0 Å². The topological polar surface area (TPSA) is 15.3 Å². The molecule has 0 amide bonds. The summed E-state index contributed by atoms with van der Waals surface area (Å²) in [5.41, 5.74) is 1.55. The van der Waals surface area contributed by atoms with Crippen molar-refractivity contribution in [2.24, 2.45) is 0 Å². The van der Waals surface area contributed by atoms with Crippen molar-refractivity contribution in [1.29, 1.82) is 0 Å². The summed E-state index contributed by atoms with van der Waals surface area (Å²) in [5, 5.41) is 3.12. The monoisotopic (exact) mass is 224 g/mol. The van der Waals surface area contributed by atoms with Crippen molar-refractivity contribution < 1.29 is 4.39 Å². The minimum absolute atomic E-state index is 0.167. The van der Waals surface area contributed by atoms with Gasteiger partial charge in [0.1, 0.15) is 5.82 Å². The molecule has 90 valence electrons. The van der Waals surface area contributed by atoms with Crippen molar-refractivity contribution in [3.05, 3.63) is 29.6 Å². The highest BCUT2D eigenvalue weighted by molar-refractivity contribution is 5.46. The van der Waals surface area contributed by atoms with Gasteiger partial charge in [-0.15, -0.1) is 0 Å². The molecule has 16 heavy (non-hydrogen) atoms. The fourth-order valence-corrected chi connectivity index (χ4v) is 1.65. The van der Waals surface area contributed by atoms with Crippen LogP contribution in [0.25, 0.3) is 0 Å². The highest BCUT2D eigenvalue weighted by Gasteiger charge is 2.02. The lowest BCUT2D eigenvalue weighted by atomic mass is 10.2. The van der Waals surface area contributed by atoms with E-state index in [0.29, 0.717) is 5.69 Å². The van der Waals surface area contributed by atoms with Crippen molar-refractivity contribution in [3.8, 4) is 0 Å². The molecule has 0 aliphatic heterocycles. The fraction of sp³-hybridized carbons (Fsp3) is 0.538. The Labute approximate surface area is 97.5 Å². The molecule has 3 heteroatoms. The molecule has 1 rings (SSSR count). The Morgan fingerprint density at radius 1 is 1.25 bits per heavy atom. The van der Waals surface area contributed by atoms with Crippen LogP contribution in [0.4, 0.5) is 10.1 Å². The Balaban J connectivity index is 2.42. The second kappa shape index (κ2) is 6.48. The third-order valence-corrected chi connectivity index (χ3v) is 2.76. The van der Waals surface area contributed by atoms with Gasteiger partial charge in [0.2, 0.25) is 0 Å². The van der Waals surface area contributed by atoms with Gasteiger partial charge in [0.15, 0.2) is 0 Å². The van der Waals surface area contributed by atoms with Crippen LogP contribution in [0.3, 0.4) is 0 Å². The third kappa shape index (κ3) is 3.81. The zero-order valence-corrected chi connectivity index (χ0v) is 10.4. The Morgan fingerprint density at radius 3 is 2.50 bits per heavy atom. The summed E-state index contributed by atoms with van der Waals surface area (Å²) in [6.45, 7) is 9.96. The Morgan fingerprint density at radius 2 is 1.94 bits per heavy atom. The van der Waals surface area contributed by atoms with Gasteiger partial charge in [-0.25, -0.2) is 4.39 Å². The standard InChI is InChI=1S/C13H21FN2/c1-4-16(5-2)9-8-15-13-7-6-11(3)10-12(13)14/h6-7,10,15H,4-5,8-9H2,1-3H3. The van der Waals surface area contributed by atoms with Gasteiger partial charge in [-0.1, -0.05) is 19.9 Å². The predicted octanol–water partition coefficient (Wildman–Crippen LogP) is 2.89. The molecule has 0 aliphatic carbocycles. The van der Waals surface area contributed by atoms with Gasteiger partial charge in [-0.3, -0.25) is 0 Å². The van der Waals surface area contributed by atoms with E-state index in [-0.39, 0.29) is 5.82 Å². The molecule has 0 fully saturated rings. The summed E-state index contributed by atoms with van der Waals surface area (Å²) in [6.07, 6.45) is 0. The van der Waals surface area contributed by atoms with E-state index in [9.17, 15) is 4.39 Å². The van der Waals surface area contributed by atoms with E-state index >= 15 is 0 Å². The lowest BCUT2D eigenvalue weighted by molar-refractivity contribution is 0.316. The van der Waals surface area contributed by atoms with Gasteiger partial charge in [0.05, 0.1) is 5.69 Å². The zero-order valence-electron chi connectivity index (χ0n) is 10.4. The lowest BCUT2D eigenvalue weighted by Crippen LogP contribution is -2.28. The molecule has 0 saturated carbocycles. The second-order valence-corrected chi connectivity index (χ2v) is 3.94. The quantitative estimate of drug-likeness (QED) is 0.799. The molecule has 0 heterocycles. The molecule has 0 unspecified atom stereocenters. The number of nitrogens with zero attached hydrogens (tertiary/aromatic N) is 1. The molecule has 0 spiro atoms. The molecular formula is C13H21FN2. The number of halogens is 1. The van der Waals surface area contributed by atoms with Gasteiger partial charge < -0.3 is 10.2 Å². The number of rotatable bonds is 6.